The number of amides is 1. The Bertz CT molecular complexity index is 641. The lowest BCUT2D eigenvalue weighted by Crippen LogP contribution is -2.09. The van der Waals surface area contributed by atoms with Gasteiger partial charge in [0.05, 0.1) is 14.5 Å². The Hall–Kier alpha value is -0.560. The van der Waals surface area contributed by atoms with E-state index in [1.165, 1.54) is 4.88 Å². The first kappa shape index (κ1) is 16.8. The first-order valence-corrected chi connectivity index (χ1v) is 9.04. The van der Waals surface area contributed by atoms with Crippen molar-refractivity contribution in [2.75, 3.05) is 10.6 Å². The summed E-state index contributed by atoms with van der Waals surface area (Å²) in [7, 11) is 0. The molecule has 0 aliphatic rings. The molecule has 7 heteroatoms. The van der Waals surface area contributed by atoms with Gasteiger partial charge in [0, 0.05) is 28.0 Å². The van der Waals surface area contributed by atoms with Gasteiger partial charge in [-0.05, 0) is 56.1 Å². The smallest absolute Gasteiger partial charge is 0.224 e. The third kappa shape index (κ3) is 4.71. The zero-order valence-electron chi connectivity index (χ0n) is 11.2. The highest BCUT2D eigenvalue weighted by Gasteiger charge is 2.07. The van der Waals surface area contributed by atoms with Crippen molar-refractivity contribution < 1.29 is 4.79 Å². The molecule has 0 radical (unpaired) electrons. The minimum atomic E-state index is -0.0191. The van der Waals surface area contributed by atoms with E-state index in [1.807, 2.05) is 13.0 Å². The monoisotopic (exact) mass is 450 g/mol. The van der Waals surface area contributed by atoms with E-state index in [4.69, 9.17) is 11.6 Å². The second kappa shape index (κ2) is 7.63. The van der Waals surface area contributed by atoms with Crippen molar-refractivity contribution in [2.45, 2.75) is 19.9 Å². The maximum absolute atomic E-state index is 11.4. The minimum Gasteiger partial charge on any atom is -0.379 e. The summed E-state index contributed by atoms with van der Waals surface area (Å²) in [6, 6.07) is 7.46. The van der Waals surface area contributed by atoms with Crippen LogP contribution in [0.3, 0.4) is 0 Å². The van der Waals surface area contributed by atoms with Crippen LogP contribution in [0.4, 0.5) is 11.4 Å². The van der Waals surface area contributed by atoms with Crippen molar-refractivity contribution in [3.8, 4) is 0 Å². The fraction of sp³-hybridized carbons (Fsp3) is 0.214. The molecule has 0 spiro atoms. The van der Waals surface area contributed by atoms with E-state index in [0.717, 1.165) is 19.6 Å². The average Bonchev–Trinajstić information content (AvgIpc) is 2.78. The molecule has 0 atom stereocenters. The Morgan fingerprint density at radius 2 is 2.10 bits per heavy atom. The molecule has 0 aliphatic heterocycles. The van der Waals surface area contributed by atoms with Gasteiger partial charge in [-0.2, -0.15) is 0 Å². The number of hydrogen-bond acceptors (Lipinski definition) is 3. The molecule has 1 aromatic carbocycles. The number of anilines is 2. The number of nitrogens with one attached hydrogen (secondary N) is 2. The van der Waals surface area contributed by atoms with Gasteiger partial charge in [0.2, 0.25) is 5.91 Å². The van der Waals surface area contributed by atoms with E-state index in [-0.39, 0.29) is 5.91 Å². The van der Waals surface area contributed by atoms with Crippen molar-refractivity contribution in [3.63, 3.8) is 0 Å². The van der Waals surface area contributed by atoms with Gasteiger partial charge in [0.1, 0.15) is 0 Å². The van der Waals surface area contributed by atoms with Gasteiger partial charge in [0.15, 0.2) is 0 Å². The third-order valence-corrected chi connectivity index (χ3v) is 6.31. The molecule has 2 aromatic rings. The molecule has 0 saturated heterocycles. The van der Waals surface area contributed by atoms with Crippen LogP contribution in [0.15, 0.2) is 32.5 Å². The molecule has 0 fully saturated rings. The molecule has 0 aliphatic carbocycles. The van der Waals surface area contributed by atoms with Crippen molar-refractivity contribution in [2.24, 2.45) is 0 Å². The average molecular weight is 453 g/mol. The third-order valence-electron chi connectivity index (χ3n) is 2.72. The lowest BCUT2D eigenvalue weighted by Gasteiger charge is -2.10. The van der Waals surface area contributed by atoms with Crippen molar-refractivity contribution >= 4 is 72.1 Å². The van der Waals surface area contributed by atoms with E-state index in [2.05, 4.69) is 48.6 Å². The van der Waals surface area contributed by atoms with Crippen molar-refractivity contribution in [1.29, 1.82) is 0 Å². The summed E-state index contributed by atoms with van der Waals surface area (Å²) in [4.78, 5) is 12.6. The number of thiophene rings is 1. The van der Waals surface area contributed by atoms with Gasteiger partial charge in [-0.25, -0.2) is 0 Å². The summed E-state index contributed by atoms with van der Waals surface area (Å²) >= 11 is 14.8. The Morgan fingerprint density at radius 1 is 1.33 bits per heavy atom. The molecule has 2 N–H and O–H groups in total. The molecule has 1 aromatic heterocycles. The largest absolute Gasteiger partial charge is 0.379 e. The molecular formula is C14H13Br2ClN2OS. The zero-order valence-corrected chi connectivity index (χ0v) is 15.9. The quantitative estimate of drug-likeness (QED) is 0.594. The molecule has 0 saturated carbocycles. The second-order valence-electron chi connectivity index (χ2n) is 4.28. The fourth-order valence-corrected chi connectivity index (χ4v) is 3.95. The summed E-state index contributed by atoms with van der Waals surface area (Å²) in [6.45, 7) is 2.48. The molecule has 1 amide bonds. The Kier molecular flexibility index (Phi) is 6.10. The van der Waals surface area contributed by atoms with E-state index in [9.17, 15) is 4.79 Å². The Balaban J connectivity index is 2.08. The standard InChI is InChI=1S/C14H13Br2ClN2OS/c1-2-13(20)19-8-3-4-11(17)12(5-8)18-7-9-6-10(15)14(16)21-9/h3-6,18H,2,7H2,1H3,(H,19,20). The number of halogens is 3. The van der Waals surface area contributed by atoms with E-state index in [1.54, 1.807) is 23.5 Å². The van der Waals surface area contributed by atoms with Gasteiger partial charge >= 0.3 is 0 Å². The van der Waals surface area contributed by atoms with Crippen molar-refractivity contribution in [1.82, 2.24) is 0 Å². The maximum Gasteiger partial charge on any atom is 0.224 e. The Morgan fingerprint density at radius 3 is 2.71 bits per heavy atom. The van der Waals surface area contributed by atoms with Gasteiger partial charge in [0.25, 0.3) is 0 Å². The van der Waals surface area contributed by atoms with Crippen LogP contribution >= 0.6 is 54.8 Å². The SMILES string of the molecule is CCC(=O)Nc1ccc(Cl)c(NCc2cc(Br)c(Br)s2)c1. The topological polar surface area (TPSA) is 41.1 Å². The molecular weight excluding hydrogens is 439 g/mol. The van der Waals surface area contributed by atoms with Crippen LogP contribution in [-0.2, 0) is 11.3 Å². The van der Waals surface area contributed by atoms with E-state index >= 15 is 0 Å². The predicted molar refractivity (Wildman–Crippen MR) is 97.4 cm³/mol. The van der Waals surface area contributed by atoms with Gasteiger partial charge in [-0.3, -0.25) is 4.79 Å². The highest BCUT2D eigenvalue weighted by molar-refractivity contribution is 9.13. The molecule has 112 valence electrons. The molecule has 3 nitrogen and oxygen atoms in total. The van der Waals surface area contributed by atoms with Crippen molar-refractivity contribution in [3.05, 3.63) is 42.4 Å². The van der Waals surface area contributed by atoms with Crippen LogP contribution in [0.1, 0.15) is 18.2 Å². The first-order valence-electron chi connectivity index (χ1n) is 6.26. The normalized spacial score (nSPS) is 10.5. The molecule has 2 rings (SSSR count). The summed E-state index contributed by atoms with van der Waals surface area (Å²) in [5.41, 5.74) is 1.54. The minimum absolute atomic E-state index is 0.0191. The first-order chi connectivity index (χ1) is 9.99. The second-order valence-corrected chi connectivity index (χ2v) is 8.00. The number of hydrogen-bond donors (Lipinski definition) is 2. The maximum atomic E-state index is 11.4. The number of carbonyl (C=O) groups is 1. The number of carbonyl (C=O) groups excluding carboxylic acids is 1. The van der Waals surface area contributed by atoms with Crippen LogP contribution in [0, 0.1) is 0 Å². The lowest BCUT2D eigenvalue weighted by molar-refractivity contribution is -0.115. The number of benzene rings is 1. The highest BCUT2D eigenvalue weighted by Crippen LogP contribution is 2.33. The van der Waals surface area contributed by atoms with E-state index < -0.39 is 0 Å². The Labute approximate surface area is 149 Å². The van der Waals surface area contributed by atoms with Crippen LogP contribution in [0.2, 0.25) is 5.02 Å². The molecule has 0 unspecified atom stereocenters. The summed E-state index contributed by atoms with van der Waals surface area (Å²) in [5, 5.41) is 6.73. The van der Waals surface area contributed by atoms with Crippen LogP contribution in [0.5, 0.6) is 0 Å². The summed E-state index contributed by atoms with van der Waals surface area (Å²) in [5.74, 6) is -0.0191. The zero-order chi connectivity index (χ0) is 15.4. The van der Waals surface area contributed by atoms with E-state index in [0.29, 0.717) is 18.0 Å². The van der Waals surface area contributed by atoms with Gasteiger partial charge in [-0.15, -0.1) is 11.3 Å². The molecule has 1 heterocycles. The summed E-state index contributed by atoms with van der Waals surface area (Å²) < 4.78 is 2.11. The highest BCUT2D eigenvalue weighted by atomic mass is 79.9. The predicted octanol–water partition coefficient (Wildman–Crippen LogP) is 5.89. The fourth-order valence-electron chi connectivity index (χ4n) is 1.65. The van der Waals surface area contributed by atoms with Gasteiger partial charge in [-0.1, -0.05) is 18.5 Å². The van der Waals surface area contributed by atoms with Crippen LogP contribution in [-0.4, -0.2) is 5.91 Å². The summed E-state index contributed by atoms with van der Waals surface area (Å²) in [6.07, 6.45) is 0.447. The number of rotatable bonds is 5. The van der Waals surface area contributed by atoms with Gasteiger partial charge < -0.3 is 10.6 Å². The van der Waals surface area contributed by atoms with Crippen LogP contribution in [0.25, 0.3) is 0 Å². The molecule has 21 heavy (non-hydrogen) atoms. The lowest BCUT2D eigenvalue weighted by atomic mass is 10.2. The van der Waals surface area contributed by atoms with Crippen LogP contribution < -0.4 is 10.6 Å². The molecule has 0 bridgehead atoms.